The molecule has 118 valence electrons. The molecule has 0 atom stereocenters. The maximum atomic E-state index is 13.9. The first-order valence-corrected chi connectivity index (χ1v) is 7.33. The molecule has 24 heavy (non-hydrogen) atoms. The van der Waals surface area contributed by atoms with E-state index >= 15 is 0 Å². The van der Waals surface area contributed by atoms with Crippen molar-refractivity contribution in [2.24, 2.45) is 0 Å². The van der Waals surface area contributed by atoms with Crippen LogP contribution in [0.1, 0.15) is 28.7 Å². The summed E-state index contributed by atoms with van der Waals surface area (Å²) in [5.74, 6) is 5.59. The molecular weight excluding hydrogens is 303 g/mol. The molecule has 0 bridgehead atoms. The van der Waals surface area contributed by atoms with Gasteiger partial charge in [0.15, 0.2) is 0 Å². The monoisotopic (exact) mass is 318 g/mol. The van der Waals surface area contributed by atoms with Gasteiger partial charge < -0.3 is 4.90 Å². The molecule has 0 radical (unpaired) electrons. The van der Waals surface area contributed by atoms with Crippen molar-refractivity contribution in [3.05, 3.63) is 64.7 Å². The van der Waals surface area contributed by atoms with Gasteiger partial charge in [0, 0.05) is 48.6 Å². The third-order valence-electron chi connectivity index (χ3n) is 3.31. The van der Waals surface area contributed by atoms with Crippen LogP contribution in [0, 0.1) is 40.3 Å². The van der Waals surface area contributed by atoms with Crippen molar-refractivity contribution in [1.29, 1.82) is 10.5 Å². The summed E-state index contributed by atoms with van der Waals surface area (Å²) in [6, 6.07) is 10.4. The number of pyridine rings is 1. The molecular formula is C19H15FN4. The van der Waals surface area contributed by atoms with Crippen LogP contribution >= 0.6 is 0 Å². The van der Waals surface area contributed by atoms with Gasteiger partial charge in [0.05, 0.1) is 11.6 Å². The van der Waals surface area contributed by atoms with Gasteiger partial charge in [0.1, 0.15) is 11.9 Å². The van der Waals surface area contributed by atoms with E-state index in [4.69, 9.17) is 10.5 Å². The summed E-state index contributed by atoms with van der Waals surface area (Å²) in [7, 11) is 1.84. The van der Waals surface area contributed by atoms with E-state index < -0.39 is 0 Å². The molecule has 0 saturated heterocycles. The fourth-order valence-corrected chi connectivity index (χ4v) is 2.10. The number of nitriles is 2. The Kier molecular flexibility index (Phi) is 6.03. The van der Waals surface area contributed by atoms with Gasteiger partial charge in [-0.25, -0.2) is 4.39 Å². The summed E-state index contributed by atoms with van der Waals surface area (Å²) >= 11 is 0. The molecule has 0 spiro atoms. The number of halogens is 1. The number of nitrogens with zero attached hydrogens (tertiary/aromatic N) is 4. The lowest BCUT2D eigenvalue weighted by molar-refractivity contribution is 0.329. The van der Waals surface area contributed by atoms with Crippen molar-refractivity contribution in [2.75, 3.05) is 13.6 Å². The Morgan fingerprint density at radius 3 is 2.58 bits per heavy atom. The Labute approximate surface area is 140 Å². The molecule has 2 aromatic rings. The van der Waals surface area contributed by atoms with Crippen LogP contribution in [-0.2, 0) is 6.54 Å². The van der Waals surface area contributed by atoms with Crippen molar-refractivity contribution in [2.45, 2.75) is 13.0 Å². The SMILES string of the molecule is CN(CCC#N)Cc1cc(C#Cc2cncc(C#N)c2)ccc1F. The highest BCUT2D eigenvalue weighted by Gasteiger charge is 2.06. The molecule has 0 unspecified atom stereocenters. The Hall–Kier alpha value is -3.20. The quantitative estimate of drug-likeness (QED) is 0.813. The Morgan fingerprint density at radius 1 is 1.08 bits per heavy atom. The zero-order valence-corrected chi connectivity index (χ0v) is 13.3. The summed E-state index contributed by atoms with van der Waals surface area (Å²) < 4.78 is 13.9. The van der Waals surface area contributed by atoms with E-state index in [1.165, 1.54) is 12.3 Å². The summed E-state index contributed by atoms with van der Waals surface area (Å²) in [5, 5.41) is 17.5. The van der Waals surface area contributed by atoms with E-state index in [0.29, 0.717) is 41.8 Å². The minimum absolute atomic E-state index is 0.294. The van der Waals surface area contributed by atoms with E-state index in [-0.39, 0.29) is 5.82 Å². The largest absolute Gasteiger partial charge is 0.301 e. The zero-order valence-electron chi connectivity index (χ0n) is 13.3. The summed E-state index contributed by atoms with van der Waals surface area (Å²) in [6.45, 7) is 0.993. The molecule has 0 aliphatic carbocycles. The first kappa shape index (κ1) is 17.2. The smallest absolute Gasteiger partial charge is 0.127 e. The van der Waals surface area contributed by atoms with Crippen LogP contribution in [0.25, 0.3) is 0 Å². The lowest BCUT2D eigenvalue weighted by atomic mass is 10.1. The van der Waals surface area contributed by atoms with Crippen LogP contribution in [0.15, 0.2) is 36.7 Å². The number of hydrogen-bond acceptors (Lipinski definition) is 4. The first-order valence-electron chi connectivity index (χ1n) is 7.33. The second-order valence-electron chi connectivity index (χ2n) is 5.28. The molecule has 1 aromatic carbocycles. The predicted molar refractivity (Wildman–Crippen MR) is 87.9 cm³/mol. The molecule has 0 aliphatic rings. The van der Waals surface area contributed by atoms with Crippen molar-refractivity contribution >= 4 is 0 Å². The van der Waals surface area contributed by atoms with E-state index in [1.54, 1.807) is 24.4 Å². The van der Waals surface area contributed by atoms with E-state index in [9.17, 15) is 4.39 Å². The molecule has 5 heteroatoms. The van der Waals surface area contributed by atoms with Crippen LogP contribution in [0.3, 0.4) is 0 Å². The summed E-state index contributed by atoms with van der Waals surface area (Å²) in [5.41, 5.74) is 2.29. The van der Waals surface area contributed by atoms with Crippen LogP contribution in [0.2, 0.25) is 0 Å². The second kappa shape index (κ2) is 8.44. The maximum Gasteiger partial charge on any atom is 0.127 e. The van der Waals surface area contributed by atoms with Gasteiger partial charge in [0.25, 0.3) is 0 Å². The Bertz CT molecular complexity index is 865. The fourth-order valence-electron chi connectivity index (χ4n) is 2.10. The van der Waals surface area contributed by atoms with Gasteiger partial charge >= 0.3 is 0 Å². The molecule has 0 fully saturated rings. The van der Waals surface area contributed by atoms with Crippen LogP contribution in [-0.4, -0.2) is 23.5 Å². The van der Waals surface area contributed by atoms with E-state index in [0.717, 1.165) is 0 Å². The molecule has 0 aliphatic heterocycles. The summed E-state index contributed by atoms with van der Waals surface area (Å²) in [6.07, 6.45) is 3.45. The highest BCUT2D eigenvalue weighted by Crippen LogP contribution is 2.12. The van der Waals surface area contributed by atoms with Gasteiger partial charge in [-0.05, 0) is 31.3 Å². The standard InChI is InChI=1S/C19H15FN4/c1-24(8-2-7-21)14-18-10-15(5-6-19(18)20)3-4-16-9-17(11-22)13-23-12-16/h5-6,9-10,12-13H,2,8,14H2,1H3. The average Bonchev–Trinajstić information content (AvgIpc) is 2.60. The molecule has 2 rings (SSSR count). The molecule has 0 saturated carbocycles. The lowest BCUT2D eigenvalue weighted by Gasteiger charge is -2.15. The molecule has 1 aromatic heterocycles. The third kappa shape index (κ3) is 4.92. The molecule has 0 amide bonds. The number of aromatic nitrogens is 1. The first-order chi connectivity index (χ1) is 11.6. The number of benzene rings is 1. The second-order valence-corrected chi connectivity index (χ2v) is 5.28. The van der Waals surface area contributed by atoms with E-state index in [2.05, 4.69) is 22.9 Å². The van der Waals surface area contributed by atoms with Crippen molar-refractivity contribution in [3.8, 4) is 24.0 Å². The number of rotatable bonds is 4. The minimum Gasteiger partial charge on any atom is -0.301 e. The Balaban J connectivity index is 2.18. The normalized spacial score (nSPS) is 9.71. The zero-order chi connectivity index (χ0) is 17.4. The lowest BCUT2D eigenvalue weighted by Crippen LogP contribution is -2.19. The van der Waals surface area contributed by atoms with Crippen LogP contribution < -0.4 is 0 Å². The van der Waals surface area contributed by atoms with Gasteiger partial charge in [-0.1, -0.05) is 11.8 Å². The van der Waals surface area contributed by atoms with Crippen molar-refractivity contribution < 1.29 is 4.39 Å². The van der Waals surface area contributed by atoms with Gasteiger partial charge in [-0.2, -0.15) is 10.5 Å². The van der Waals surface area contributed by atoms with Crippen LogP contribution in [0.5, 0.6) is 0 Å². The fraction of sp³-hybridized carbons (Fsp3) is 0.211. The van der Waals surface area contributed by atoms with Crippen molar-refractivity contribution in [1.82, 2.24) is 9.88 Å². The van der Waals surface area contributed by atoms with Crippen LogP contribution in [0.4, 0.5) is 4.39 Å². The van der Waals surface area contributed by atoms with Gasteiger partial charge in [0.2, 0.25) is 0 Å². The molecule has 4 nitrogen and oxygen atoms in total. The predicted octanol–water partition coefficient (Wildman–Crippen LogP) is 2.84. The van der Waals surface area contributed by atoms with Gasteiger partial charge in [-0.15, -0.1) is 0 Å². The Morgan fingerprint density at radius 2 is 1.83 bits per heavy atom. The molecule has 1 heterocycles. The number of hydrogen-bond donors (Lipinski definition) is 0. The third-order valence-corrected chi connectivity index (χ3v) is 3.31. The molecule has 0 N–H and O–H groups in total. The average molecular weight is 318 g/mol. The highest BCUT2D eigenvalue weighted by atomic mass is 19.1. The topological polar surface area (TPSA) is 63.7 Å². The van der Waals surface area contributed by atoms with E-state index in [1.807, 2.05) is 18.0 Å². The maximum absolute atomic E-state index is 13.9. The highest BCUT2D eigenvalue weighted by molar-refractivity contribution is 5.45. The van der Waals surface area contributed by atoms with Gasteiger partial charge in [-0.3, -0.25) is 4.98 Å². The summed E-state index contributed by atoms with van der Waals surface area (Å²) in [4.78, 5) is 5.84. The van der Waals surface area contributed by atoms with Crippen molar-refractivity contribution in [3.63, 3.8) is 0 Å². The minimum atomic E-state index is -0.294.